The van der Waals surface area contributed by atoms with Crippen molar-refractivity contribution in [2.45, 2.75) is 12.8 Å². The molecule has 1 atom stereocenters. The van der Waals surface area contributed by atoms with Crippen molar-refractivity contribution in [3.8, 4) is 6.07 Å². The van der Waals surface area contributed by atoms with Crippen molar-refractivity contribution in [3.63, 3.8) is 0 Å². The molecule has 4 nitrogen and oxygen atoms in total. The van der Waals surface area contributed by atoms with Gasteiger partial charge in [0, 0.05) is 7.05 Å². The fourth-order valence-electron chi connectivity index (χ4n) is 0.626. The molecule has 1 unspecified atom stereocenters. The van der Waals surface area contributed by atoms with Crippen LogP contribution in [0.5, 0.6) is 0 Å². The number of hydrogen-bond donors (Lipinski definition) is 0. The van der Waals surface area contributed by atoms with Gasteiger partial charge in [0.2, 0.25) is 0 Å². The molecule has 0 saturated carbocycles. The summed E-state index contributed by atoms with van der Waals surface area (Å²) in [4.78, 5) is 1.45. The second kappa shape index (κ2) is 2.48. The first kappa shape index (κ1) is 6.75. The van der Waals surface area contributed by atoms with E-state index in [1.54, 1.807) is 20.2 Å². The predicted octanol–water partition coefficient (Wildman–Crippen LogP) is 0.442. The molecule has 0 amide bonds. The number of nitrogens with zero attached hydrogens (tertiary/aromatic N) is 4. The molecule has 0 aromatic carbocycles. The Morgan fingerprint density at radius 2 is 2.50 bits per heavy atom. The zero-order valence-corrected chi connectivity index (χ0v) is 5.94. The van der Waals surface area contributed by atoms with Crippen molar-refractivity contribution >= 4 is 0 Å². The van der Waals surface area contributed by atoms with Gasteiger partial charge >= 0.3 is 0 Å². The molecule has 0 aliphatic carbocycles. The first-order valence-corrected chi connectivity index (χ1v) is 3.00. The van der Waals surface area contributed by atoms with Crippen LogP contribution < -0.4 is 0 Å². The lowest BCUT2D eigenvalue weighted by atomic mass is 10.1. The molecule has 4 heteroatoms. The number of aryl methyl sites for hydroxylation is 1. The van der Waals surface area contributed by atoms with Crippen molar-refractivity contribution in [2.24, 2.45) is 7.05 Å². The molecule has 0 radical (unpaired) electrons. The van der Waals surface area contributed by atoms with Crippen LogP contribution in [0.1, 0.15) is 18.5 Å². The lowest BCUT2D eigenvalue weighted by molar-refractivity contribution is 0.642. The number of hydrogen-bond acceptors (Lipinski definition) is 3. The maximum atomic E-state index is 8.47. The van der Waals surface area contributed by atoms with Gasteiger partial charge in [-0.05, 0) is 6.92 Å². The molecular formula is C6H8N4. The quantitative estimate of drug-likeness (QED) is 0.563. The van der Waals surface area contributed by atoms with Gasteiger partial charge in [0.1, 0.15) is 0 Å². The minimum Gasteiger partial charge on any atom is -0.198 e. The highest BCUT2D eigenvalue weighted by Crippen LogP contribution is 2.07. The van der Waals surface area contributed by atoms with Crippen molar-refractivity contribution in [3.05, 3.63) is 11.9 Å². The molecule has 0 N–H and O–H groups in total. The van der Waals surface area contributed by atoms with E-state index in [2.05, 4.69) is 16.3 Å². The van der Waals surface area contributed by atoms with E-state index < -0.39 is 0 Å². The number of aromatic nitrogens is 3. The van der Waals surface area contributed by atoms with E-state index in [-0.39, 0.29) is 5.92 Å². The molecule has 1 aromatic rings. The molecule has 1 rings (SSSR count). The second-order valence-corrected chi connectivity index (χ2v) is 2.11. The Morgan fingerprint density at radius 1 is 1.80 bits per heavy atom. The number of rotatable bonds is 1. The average Bonchev–Trinajstić information content (AvgIpc) is 2.34. The van der Waals surface area contributed by atoms with E-state index >= 15 is 0 Å². The van der Waals surface area contributed by atoms with Crippen LogP contribution in [0.15, 0.2) is 6.20 Å². The molecule has 0 fully saturated rings. The highest BCUT2D eigenvalue weighted by molar-refractivity contribution is 5.09. The Bertz CT molecular complexity index is 257. The summed E-state index contributed by atoms with van der Waals surface area (Å²) in [5.41, 5.74) is 0.727. The molecule has 0 bridgehead atoms. The minimum absolute atomic E-state index is 0.159. The molecule has 52 valence electrons. The lowest BCUT2D eigenvalue weighted by Gasteiger charge is -1.91. The zero-order chi connectivity index (χ0) is 7.56. The molecule has 0 aliphatic rings. The van der Waals surface area contributed by atoms with Crippen LogP contribution in [-0.4, -0.2) is 15.0 Å². The lowest BCUT2D eigenvalue weighted by Crippen LogP contribution is -1.95. The molecule has 0 aliphatic heterocycles. The topological polar surface area (TPSA) is 54.5 Å². The smallest absolute Gasteiger partial charge is 0.0995 e. The third-order valence-electron chi connectivity index (χ3n) is 1.25. The van der Waals surface area contributed by atoms with Crippen molar-refractivity contribution in [2.75, 3.05) is 0 Å². The average molecular weight is 136 g/mol. The van der Waals surface area contributed by atoms with Crippen molar-refractivity contribution in [1.82, 2.24) is 15.0 Å². The SMILES string of the molecule is CC(C#N)c1cnn(C)n1. The Balaban J connectivity index is 2.87. The molecule has 10 heavy (non-hydrogen) atoms. The Hall–Kier alpha value is -1.37. The van der Waals surface area contributed by atoms with Gasteiger partial charge < -0.3 is 0 Å². The molecular weight excluding hydrogens is 128 g/mol. The van der Waals surface area contributed by atoms with Gasteiger partial charge in [0.15, 0.2) is 0 Å². The van der Waals surface area contributed by atoms with Crippen LogP contribution in [0.2, 0.25) is 0 Å². The van der Waals surface area contributed by atoms with Gasteiger partial charge in [-0.2, -0.15) is 20.3 Å². The Kier molecular flexibility index (Phi) is 1.67. The van der Waals surface area contributed by atoms with Crippen LogP contribution in [0.4, 0.5) is 0 Å². The van der Waals surface area contributed by atoms with Crippen molar-refractivity contribution in [1.29, 1.82) is 5.26 Å². The normalized spacial score (nSPS) is 12.5. The summed E-state index contributed by atoms with van der Waals surface area (Å²) >= 11 is 0. The largest absolute Gasteiger partial charge is 0.198 e. The summed E-state index contributed by atoms with van der Waals surface area (Å²) in [7, 11) is 1.73. The molecule has 1 aromatic heterocycles. The third kappa shape index (κ3) is 1.13. The number of nitriles is 1. The van der Waals surface area contributed by atoms with Gasteiger partial charge in [0.05, 0.1) is 23.9 Å². The fraction of sp³-hybridized carbons (Fsp3) is 0.500. The fourth-order valence-corrected chi connectivity index (χ4v) is 0.626. The van der Waals surface area contributed by atoms with Crippen LogP contribution in [-0.2, 0) is 7.05 Å². The Morgan fingerprint density at radius 3 is 2.90 bits per heavy atom. The van der Waals surface area contributed by atoms with E-state index in [0.717, 1.165) is 5.69 Å². The maximum absolute atomic E-state index is 8.47. The van der Waals surface area contributed by atoms with E-state index in [0.29, 0.717) is 0 Å². The summed E-state index contributed by atoms with van der Waals surface area (Å²) in [6.07, 6.45) is 1.61. The zero-order valence-electron chi connectivity index (χ0n) is 5.94. The summed E-state index contributed by atoms with van der Waals surface area (Å²) < 4.78 is 0. The first-order valence-electron chi connectivity index (χ1n) is 3.00. The van der Waals surface area contributed by atoms with Crippen LogP contribution in [0.3, 0.4) is 0 Å². The predicted molar refractivity (Wildman–Crippen MR) is 35.0 cm³/mol. The van der Waals surface area contributed by atoms with Gasteiger partial charge in [-0.15, -0.1) is 0 Å². The summed E-state index contributed by atoms with van der Waals surface area (Å²) in [6.45, 7) is 1.80. The molecule has 0 spiro atoms. The summed E-state index contributed by atoms with van der Waals surface area (Å²) in [5, 5.41) is 16.3. The van der Waals surface area contributed by atoms with Gasteiger partial charge in [-0.3, -0.25) is 0 Å². The first-order chi connectivity index (χ1) is 4.74. The standard InChI is InChI=1S/C6H8N4/c1-5(3-7)6-4-8-10(2)9-6/h4-5H,1-2H3. The highest BCUT2D eigenvalue weighted by atomic mass is 15.4. The molecule has 0 saturated heterocycles. The maximum Gasteiger partial charge on any atom is 0.0995 e. The highest BCUT2D eigenvalue weighted by Gasteiger charge is 2.06. The summed E-state index contributed by atoms with van der Waals surface area (Å²) in [6, 6.07) is 2.08. The minimum atomic E-state index is -0.159. The van der Waals surface area contributed by atoms with Crippen LogP contribution in [0.25, 0.3) is 0 Å². The third-order valence-corrected chi connectivity index (χ3v) is 1.25. The second-order valence-electron chi connectivity index (χ2n) is 2.11. The Labute approximate surface area is 59.1 Å². The van der Waals surface area contributed by atoms with Gasteiger partial charge in [-0.1, -0.05) is 0 Å². The van der Waals surface area contributed by atoms with Crippen LogP contribution in [0, 0.1) is 11.3 Å². The van der Waals surface area contributed by atoms with Gasteiger partial charge in [-0.25, -0.2) is 0 Å². The molecule has 1 heterocycles. The van der Waals surface area contributed by atoms with E-state index in [9.17, 15) is 0 Å². The van der Waals surface area contributed by atoms with E-state index in [1.807, 2.05) is 0 Å². The summed E-state index contributed by atoms with van der Waals surface area (Å²) in [5.74, 6) is -0.159. The van der Waals surface area contributed by atoms with Crippen molar-refractivity contribution < 1.29 is 0 Å². The van der Waals surface area contributed by atoms with E-state index in [4.69, 9.17) is 5.26 Å². The van der Waals surface area contributed by atoms with Gasteiger partial charge in [0.25, 0.3) is 0 Å². The van der Waals surface area contributed by atoms with Crippen LogP contribution >= 0.6 is 0 Å². The van der Waals surface area contributed by atoms with E-state index in [1.165, 1.54) is 4.80 Å². The monoisotopic (exact) mass is 136 g/mol.